The predicted molar refractivity (Wildman–Crippen MR) is 96.2 cm³/mol. The van der Waals surface area contributed by atoms with E-state index in [1.54, 1.807) is 24.3 Å². The van der Waals surface area contributed by atoms with E-state index in [1.165, 1.54) is 5.56 Å². The van der Waals surface area contributed by atoms with Crippen molar-refractivity contribution in [3.8, 4) is 11.5 Å². The Morgan fingerprint density at radius 1 is 0.667 bits per heavy atom. The Labute approximate surface area is 142 Å². The predicted octanol–water partition coefficient (Wildman–Crippen LogP) is 3.80. The van der Waals surface area contributed by atoms with Gasteiger partial charge in [0.1, 0.15) is 11.5 Å². The summed E-state index contributed by atoms with van der Waals surface area (Å²) in [5, 5.41) is 19.1. The molecule has 3 heteroatoms. The van der Waals surface area contributed by atoms with E-state index in [2.05, 4.69) is 12.1 Å². The molecule has 3 nitrogen and oxygen atoms in total. The fraction of sp³-hybridized carbons (Fsp3) is 0.143. The first-order chi connectivity index (χ1) is 11.6. The molecule has 0 amide bonds. The third kappa shape index (κ3) is 3.76. The maximum absolute atomic E-state index is 9.55. The van der Waals surface area contributed by atoms with Crippen molar-refractivity contribution in [1.29, 1.82) is 0 Å². The molecule has 0 aliphatic rings. The highest BCUT2D eigenvalue weighted by atomic mass is 16.3. The van der Waals surface area contributed by atoms with Crippen molar-refractivity contribution in [2.24, 2.45) is 5.73 Å². The number of hydrogen-bond donors (Lipinski definition) is 3. The van der Waals surface area contributed by atoms with Crippen LogP contribution in [0.5, 0.6) is 11.5 Å². The van der Waals surface area contributed by atoms with Gasteiger partial charge in [0, 0.05) is 12.0 Å². The lowest BCUT2D eigenvalue weighted by atomic mass is 9.83. The van der Waals surface area contributed by atoms with Gasteiger partial charge in [0.2, 0.25) is 0 Å². The van der Waals surface area contributed by atoms with Gasteiger partial charge in [-0.2, -0.15) is 0 Å². The topological polar surface area (TPSA) is 66.5 Å². The molecule has 122 valence electrons. The molecule has 0 aliphatic heterocycles. The molecule has 1 atom stereocenters. The van der Waals surface area contributed by atoms with E-state index in [-0.39, 0.29) is 23.5 Å². The van der Waals surface area contributed by atoms with Crippen LogP contribution in [0.15, 0.2) is 78.9 Å². The molecule has 3 rings (SSSR count). The number of aromatic hydroxyl groups is 2. The van der Waals surface area contributed by atoms with E-state index in [9.17, 15) is 10.2 Å². The summed E-state index contributed by atoms with van der Waals surface area (Å²) < 4.78 is 0. The molecule has 0 saturated carbocycles. The van der Waals surface area contributed by atoms with Crippen molar-refractivity contribution in [2.45, 2.75) is 18.4 Å². The second kappa shape index (κ2) is 7.20. The van der Waals surface area contributed by atoms with Crippen LogP contribution in [0, 0.1) is 0 Å². The van der Waals surface area contributed by atoms with Crippen molar-refractivity contribution in [2.75, 3.05) is 0 Å². The van der Waals surface area contributed by atoms with Crippen LogP contribution in [0.25, 0.3) is 0 Å². The van der Waals surface area contributed by atoms with Gasteiger partial charge in [-0.3, -0.25) is 0 Å². The van der Waals surface area contributed by atoms with Gasteiger partial charge < -0.3 is 15.9 Å². The average Bonchev–Trinajstić information content (AvgIpc) is 2.59. The number of hydrogen-bond acceptors (Lipinski definition) is 3. The van der Waals surface area contributed by atoms with Gasteiger partial charge in [-0.1, -0.05) is 54.6 Å². The Hall–Kier alpha value is -2.78. The quantitative estimate of drug-likeness (QED) is 0.670. The molecular formula is C21H21NO2. The van der Waals surface area contributed by atoms with E-state index in [0.29, 0.717) is 0 Å². The highest BCUT2D eigenvalue weighted by Crippen LogP contribution is 2.31. The molecule has 0 radical (unpaired) electrons. The van der Waals surface area contributed by atoms with E-state index >= 15 is 0 Å². The van der Waals surface area contributed by atoms with E-state index in [0.717, 1.165) is 17.5 Å². The fourth-order valence-corrected chi connectivity index (χ4v) is 3.05. The number of phenolic OH excluding ortho intramolecular Hbond substituents is 2. The van der Waals surface area contributed by atoms with Crippen LogP contribution < -0.4 is 5.73 Å². The normalized spacial score (nSPS) is 12.2. The van der Waals surface area contributed by atoms with Crippen molar-refractivity contribution in [1.82, 2.24) is 0 Å². The lowest BCUT2D eigenvalue weighted by Crippen LogP contribution is -2.31. The number of rotatable bonds is 5. The molecule has 24 heavy (non-hydrogen) atoms. The van der Waals surface area contributed by atoms with Crippen molar-refractivity contribution >= 4 is 0 Å². The minimum absolute atomic E-state index is 0.0218. The SMILES string of the molecule is NC(Cc1ccccc1)C(c1ccc(O)cc1)c1ccc(O)cc1. The zero-order chi connectivity index (χ0) is 16.9. The first-order valence-corrected chi connectivity index (χ1v) is 8.01. The molecule has 3 aromatic carbocycles. The van der Waals surface area contributed by atoms with E-state index in [4.69, 9.17) is 5.73 Å². The van der Waals surface area contributed by atoms with Crippen molar-refractivity contribution in [3.05, 3.63) is 95.6 Å². The standard InChI is InChI=1S/C21H21NO2/c22-20(14-15-4-2-1-3-5-15)21(16-6-10-18(23)11-7-16)17-8-12-19(24)13-9-17/h1-13,20-21,23-24H,14,22H2. The van der Waals surface area contributed by atoms with Gasteiger partial charge in [0.15, 0.2) is 0 Å². The second-order valence-electron chi connectivity index (χ2n) is 6.01. The first kappa shape index (κ1) is 16.1. The maximum atomic E-state index is 9.55. The summed E-state index contributed by atoms with van der Waals surface area (Å²) in [6.07, 6.45) is 0.743. The molecule has 4 N–H and O–H groups in total. The molecule has 0 fully saturated rings. The molecular weight excluding hydrogens is 298 g/mol. The van der Waals surface area contributed by atoms with Crippen LogP contribution in [-0.4, -0.2) is 16.3 Å². The Morgan fingerprint density at radius 3 is 1.58 bits per heavy atom. The summed E-state index contributed by atoms with van der Waals surface area (Å²) in [5.74, 6) is 0.450. The fourth-order valence-electron chi connectivity index (χ4n) is 3.05. The number of nitrogens with two attached hydrogens (primary N) is 1. The minimum Gasteiger partial charge on any atom is -0.508 e. The molecule has 0 bridgehead atoms. The van der Waals surface area contributed by atoms with Gasteiger partial charge in [0.05, 0.1) is 0 Å². The zero-order valence-corrected chi connectivity index (χ0v) is 13.3. The lowest BCUT2D eigenvalue weighted by molar-refractivity contribution is 0.474. The van der Waals surface area contributed by atoms with Gasteiger partial charge in [-0.15, -0.1) is 0 Å². The molecule has 1 unspecified atom stereocenters. The Bertz CT molecular complexity index is 722. The van der Waals surface area contributed by atoms with Crippen LogP contribution in [0.4, 0.5) is 0 Å². The third-order valence-electron chi connectivity index (χ3n) is 4.25. The minimum atomic E-state index is -0.124. The molecule has 0 aliphatic carbocycles. The average molecular weight is 319 g/mol. The Balaban J connectivity index is 1.94. The van der Waals surface area contributed by atoms with Gasteiger partial charge in [0.25, 0.3) is 0 Å². The van der Waals surface area contributed by atoms with Gasteiger partial charge in [-0.25, -0.2) is 0 Å². The smallest absolute Gasteiger partial charge is 0.115 e. The Kier molecular flexibility index (Phi) is 4.82. The summed E-state index contributed by atoms with van der Waals surface area (Å²) in [4.78, 5) is 0. The third-order valence-corrected chi connectivity index (χ3v) is 4.25. The van der Waals surface area contributed by atoms with E-state index < -0.39 is 0 Å². The van der Waals surface area contributed by atoms with Gasteiger partial charge >= 0.3 is 0 Å². The highest BCUT2D eigenvalue weighted by Gasteiger charge is 2.22. The number of phenols is 2. The first-order valence-electron chi connectivity index (χ1n) is 8.01. The lowest BCUT2D eigenvalue weighted by Gasteiger charge is -2.25. The molecule has 0 heterocycles. The summed E-state index contributed by atoms with van der Waals surface area (Å²) in [6, 6.07) is 24.4. The molecule has 0 spiro atoms. The highest BCUT2D eigenvalue weighted by molar-refractivity contribution is 5.39. The monoisotopic (exact) mass is 319 g/mol. The second-order valence-corrected chi connectivity index (χ2v) is 6.01. The molecule has 0 saturated heterocycles. The Morgan fingerprint density at radius 2 is 1.12 bits per heavy atom. The van der Waals surface area contributed by atoms with E-state index in [1.807, 2.05) is 42.5 Å². The van der Waals surface area contributed by atoms with Crippen LogP contribution in [0.2, 0.25) is 0 Å². The molecule has 0 aromatic heterocycles. The van der Waals surface area contributed by atoms with Crippen molar-refractivity contribution in [3.63, 3.8) is 0 Å². The van der Waals surface area contributed by atoms with Gasteiger partial charge in [-0.05, 0) is 47.4 Å². The summed E-state index contributed by atoms with van der Waals surface area (Å²) in [5.41, 5.74) is 9.84. The van der Waals surface area contributed by atoms with Crippen LogP contribution in [0.1, 0.15) is 22.6 Å². The van der Waals surface area contributed by atoms with Crippen LogP contribution in [0.3, 0.4) is 0 Å². The summed E-state index contributed by atoms with van der Waals surface area (Å²) >= 11 is 0. The zero-order valence-electron chi connectivity index (χ0n) is 13.3. The van der Waals surface area contributed by atoms with Crippen LogP contribution >= 0.6 is 0 Å². The number of benzene rings is 3. The largest absolute Gasteiger partial charge is 0.508 e. The summed E-state index contributed by atoms with van der Waals surface area (Å²) in [6.45, 7) is 0. The van der Waals surface area contributed by atoms with Crippen LogP contribution in [-0.2, 0) is 6.42 Å². The van der Waals surface area contributed by atoms with Crippen molar-refractivity contribution < 1.29 is 10.2 Å². The molecule has 3 aromatic rings. The maximum Gasteiger partial charge on any atom is 0.115 e. The summed E-state index contributed by atoms with van der Waals surface area (Å²) in [7, 11) is 0.